The van der Waals surface area contributed by atoms with E-state index >= 15 is 0 Å². The number of carbonyl (C=O) groups excluding carboxylic acids is 2. The SMILES string of the molecule is Cc1cc(NC(=O)c2cccc(OCC(=O)N(C)C)c2)n(-c2cccc(Cl)c2)n1. The quantitative estimate of drug-likeness (QED) is 0.671. The number of amides is 2. The Morgan fingerprint density at radius 3 is 2.62 bits per heavy atom. The molecule has 0 fully saturated rings. The first-order valence-corrected chi connectivity index (χ1v) is 9.28. The summed E-state index contributed by atoms with van der Waals surface area (Å²) in [6.45, 7) is 1.74. The third kappa shape index (κ3) is 5.14. The highest BCUT2D eigenvalue weighted by Gasteiger charge is 2.14. The predicted octanol–water partition coefficient (Wildman–Crippen LogP) is 3.55. The van der Waals surface area contributed by atoms with Gasteiger partial charge in [0.05, 0.1) is 11.4 Å². The zero-order chi connectivity index (χ0) is 21.0. The molecule has 7 nitrogen and oxygen atoms in total. The van der Waals surface area contributed by atoms with Crippen LogP contribution in [0.25, 0.3) is 5.69 Å². The first kappa shape index (κ1) is 20.4. The predicted molar refractivity (Wildman–Crippen MR) is 112 cm³/mol. The Bertz CT molecular complexity index is 1050. The minimum atomic E-state index is -0.322. The molecule has 0 saturated heterocycles. The third-order valence-corrected chi connectivity index (χ3v) is 4.32. The van der Waals surface area contributed by atoms with E-state index in [-0.39, 0.29) is 18.4 Å². The van der Waals surface area contributed by atoms with E-state index in [9.17, 15) is 9.59 Å². The van der Waals surface area contributed by atoms with Gasteiger partial charge in [-0.3, -0.25) is 9.59 Å². The normalized spacial score (nSPS) is 10.5. The fraction of sp³-hybridized carbons (Fsp3) is 0.190. The minimum absolute atomic E-state index is 0.0984. The monoisotopic (exact) mass is 412 g/mol. The van der Waals surface area contributed by atoms with Crippen LogP contribution in [0.3, 0.4) is 0 Å². The standard InChI is InChI=1S/C21H21ClN4O3/c1-14-10-19(26(24-14)17-8-5-7-16(22)12-17)23-21(28)15-6-4-9-18(11-15)29-13-20(27)25(2)3/h4-12H,13H2,1-3H3,(H,23,28). The molecular formula is C21H21ClN4O3. The number of nitrogens with one attached hydrogen (secondary N) is 1. The molecule has 0 saturated carbocycles. The summed E-state index contributed by atoms with van der Waals surface area (Å²) in [5.41, 5.74) is 1.89. The van der Waals surface area contributed by atoms with Crippen molar-refractivity contribution < 1.29 is 14.3 Å². The van der Waals surface area contributed by atoms with Gasteiger partial charge in [-0.2, -0.15) is 5.10 Å². The molecule has 1 aromatic heterocycles. The molecule has 2 amide bonds. The molecule has 0 aliphatic heterocycles. The number of anilines is 1. The summed E-state index contributed by atoms with van der Waals surface area (Å²) in [5, 5.41) is 7.87. The summed E-state index contributed by atoms with van der Waals surface area (Å²) in [6, 6.07) is 15.6. The van der Waals surface area contributed by atoms with Gasteiger partial charge in [0.25, 0.3) is 11.8 Å². The zero-order valence-corrected chi connectivity index (χ0v) is 17.1. The van der Waals surface area contributed by atoms with Gasteiger partial charge in [0.1, 0.15) is 11.6 Å². The van der Waals surface area contributed by atoms with Crippen molar-refractivity contribution in [2.45, 2.75) is 6.92 Å². The number of ether oxygens (including phenoxy) is 1. The average molecular weight is 413 g/mol. The second-order valence-electron chi connectivity index (χ2n) is 6.62. The summed E-state index contributed by atoms with van der Waals surface area (Å²) in [4.78, 5) is 25.9. The molecule has 0 bridgehead atoms. The summed E-state index contributed by atoms with van der Waals surface area (Å²) >= 11 is 6.08. The van der Waals surface area contributed by atoms with Crippen molar-refractivity contribution in [1.82, 2.24) is 14.7 Å². The van der Waals surface area contributed by atoms with Gasteiger partial charge in [-0.1, -0.05) is 23.7 Å². The maximum Gasteiger partial charge on any atom is 0.259 e. The molecule has 150 valence electrons. The molecular weight excluding hydrogens is 392 g/mol. The van der Waals surface area contributed by atoms with Crippen LogP contribution in [0.4, 0.5) is 5.82 Å². The van der Waals surface area contributed by atoms with E-state index in [0.717, 1.165) is 11.4 Å². The Kier molecular flexibility index (Phi) is 6.19. The Morgan fingerprint density at radius 2 is 1.90 bits per heavy atom. The fourth-order valence-electron chi connectivity index (χ4n) is 2.58. The number of aromatic nitrogens is 2. The third-order valence-electron chi connectivity index (χ3n) is 4.08. The molecule has 1 heterocycles. The van der Waals surface area contributed by atoms with Crippen molar-refractivity contribution in [3.63, 3.8) is 0 Å². The van der Waals surface area contributed by atoms with Gasteiger partial charge in [-0.25, -0.2) is 4.68 Å². The highest BCUT2D eigenvalue weighted by Crippen LogP contribution is 2.21. The van der Waals surface area contributed by atoms with Crippen LogP contribution >= 0.6 is 11.6 Å². The lowest BCUT2D eigenvalue weighted by Gasteiger charge is -2.12. The number of nitrogens with zero attached hydrogens (tertiary/aromatic N) is 3. The lowest BCUT2D eigenvalue weighted by atomic mass is 10.2. The van der Waals surface area contributed by atoms with E-state index in [1.54, 1.807) is 61.2 Å². The first-order valence-electron chi connectivity index (χ1n) is 8.90. The van der Waals surface area contributed by atoms with Crippen molar-refractivity contribution in [1.29, 1.82) is 0 Å². The minimum Gasteiger partial charge on any atom is -0.484 e. The van der Waals surface area contributed by atoms with E-state index in [0.29, 0.717) is 22.2 Å². The van der Waals surface area contributed by atoms with Crippen LogP contribution in [0.1, 0.15) is 16.1 Å². The van der Waals surface area contributed by atoms with Gasteiger partial charge < -0.3 is 15.0 Å². The van der Waals surface area contributed by atoms with Crippen molar-refractivity contribution in [3.8, 4) is 11.4 Å². The van der Waals surface area contributed by atoms with Gasteiger partial charge in [0.15, 0.2) is 6.61 Å². The topological polar surface area (TPSA) is 76.5 Å². The van der Waals surface area contributed by atoms with E-state index in [1.165, 1.54) is 4.90 Å². The number of halogens is 1. The fourth-order valence-corrected chi connectivity index (χ4v) is 2.77. The lowest BCUT2D eigenvalue weighted by molar-refractivity contribution is -0.130. The molecule has 0 aliphatic carbocycles. The van der Waals surface area contributed by atoms with Gasteiger partial charge in [0, 0.05) is 30.7 Å². The summed E-state index contributed by atoms with van der Waals surface area (Å²) < 4.78 is 7.10. The van der Waals surface area contributed by atoms with Crippen LogP contribution < -0.4 is 10.1 Å². The van der Waals surface area contributed by atoms with Gasteiger partial charge in [-0.15, -0.1) is 0 Å². The van der Waals surface area contributed by atoms with E-state index in [4.69, 9.17) is 16.3 Å². The molecule has 3 aromatic rings. The lowest BCUT2D eigenvalue weighted by Crippen LogP contribution is -2.27. The van der Waals surface area contributed by atoms with E-state index in [2.05, 4.69) is 10.4 Å². The molecule has 0 aliphatic rings. The second kappa shape index (κ2) is 8.79. The Labute approximate surface area is 173 Å². The van der Waals surface area contributed by atoms with Crippen LogP contribution in [-0.2, 0) is 4.79 Å². The maximum absolute atomic E-state index is 12.8. The molecule has 0 radical (unpaired) electrons. The van der Waals surface area contributed by atoms with Crippen molar-refractivity contribution in [2.24, 2.45) is 0 Å². The smallest absolute Gasteiger partial charge is 0.259 e. The summed E-state index contributed by atoms with van der Waals surface area (Å²) in [7, 11) is 3.31. The molecule has 3 rings (SSSR count). The van der Waals surface area contributed by atoms with Crippen molar-refractivity contribution in [2.75, 3.05) is 26.0 Å². The van der Waals surface area contributed by atoms with Crippen LogP contribution in [0, 0.1) is 6.92 Å². The Morgan fingerprint density at radius 1 is 1.14 bits per heavy atom. The zero-order valence-electron chi connectivity index (χ0n) is 16.3. The number of benzene rings is 2. The van der Waals surface area contributed by atoms with Gasteiger partial charge >= 0.3 is 0 Å². The Balaban J connectivity index is 1.78. The largest absolute Gasteiger partial charge is 0.484 e. The van der Waals surface area contributed by atoms with Gasteiger partial charge in [-0.05, 0) is 43.3 Å². The number of rotatable bonds is 6. The van der Waals surface area contributed by atoms with Crippen LogP contribution in [-0.4, -0.2) is 47.2 Å². The molecule has 0 unspecified atom stereocenters. The van der Waals surface area contributed by atoms with Crippen LogP contribution in [0.2, 0.25) is 5.02 Å². The number of hydrogen-bond acceptors (Lipinski definition) is 4. The second-order valence-corrected chi connectivity index (χ2v) is 7.06. The molecule has 29 heavy (non-hydrogen) atoms. The molecule has 8 heteroatoms. The molecule has 0 atom stereocenters. The highest BCUT2D eigenvalue weighted by molar-refractivity contribution is 6.30. The summed E-state index contributed by atoms with van der Waals surface area (Å²) in [6.07, 6.45) is 0. The van der Waals surface area contributed by atoms with Crippen LogP contribution in [0.5, 0.6) is 5.75 Å². The molecule has 0 spiro atoms. The summed E-state index contributed by atoms with van der Waals surface area (Å²) in [5.74, 6) is 0.467. The number of likely N-dealkylation sites (N-methyl/N-ethyl adjacent to an activating group) is 1. The number of aryl methyl sites for hydroxylation is 1. The van der Waals surface area contributed by atoms with E-state index in [1.807, 2.05) is 19.1 Å². The van der Waals surface area contributed by atoms with Crippen LogP contribution in [0.15, 0.2) is 54.6 Å². The maximum atomic E-state index is 12.8. The molecule has 2 aromatic carbocycles. The number of carbonyl (C=O) groups is 2. The highest BCUT2D eigenvalue weighted by atomic mass is 35.5. The van der Waals surface area contributed by atoms with Gasteiger partial charge in [0.2, 0.25) is 0 Å². The first-order chi connectivity index (χ1) is 13.8. The number of hydrogen-bond donors (Lipinski definition) is 1. The Hall–Kier alpha value is -3.32. The molecule has 1 N–H and O–H groups in total. The van der Waals surface area contributed by atoms with Crippen molar-refractivity contribution in [3.05, 3.63) is 70.9 Å². The van der Waals surface area contributed by atoms with E-state index < -0.39 is 0 Å². The van der Waals surface area contributed by atoms with Crippen molar-refractivity contribution >= 4 is 29.2 Å². The average Bonchev–Trinajstić information content (AvgIpc) is 3.06.